The van der Waals surface area contributed by atoms with Gasteiger partial charge < -0.3 is 9.32 Å². The summed E-state index contributed by atoms with van der Waals surface area (Å²) in [6.45, 7) is 6.40. The zero-order chi connectivity index (χ0) is 17.1. The van der Waals surface area contributed by atoms with Gasteiger partial charge in [-0.1, -0.05) is 6.92 Å². The second-order valence-corrected chi connectivity index (χ2v) is 5.63. The summed E-state index contributed by atoms with van der Waals surface area (Å²) in [6, 6.07) is 5.91. The second-order valence-electron chi connectivity index (χ2n) is 5.63. The highest BCUT2D eigenvalue weighted by atomic mass is 16.4. The molecule has 24 heavy (non-hydrogen) atoms. The largest absolute Gasteiger partial charge is 0.423 e. The van der Waals surface area contributed by atoms with Crippen LogP contribution in [0.1, 0.15) is 30.1 Å². The number of aryl methyl sites for hydroxylation is 3. The molecular formula is C17H20N6O. The van der Waals surface area contributed by atoms with Crippen LogP contribution in [0.5, 0.6) is 0 Å². The van der Waals surface area contributed by atoms with Crippen LogP contribution < -0.4 is 4.90 Å². The molecule has 0 unspecified atom stereocenters. The molecule has 0 aliphatic rings. The summed E-state index contributed by atoms with van der Waals surface area (Å²) in [6.07, 6.45) is 2.47. The number of hydrogen-bond acceptors (Lipinski definition) is 7. The van der Waals surface area contributed by atoms with E-state index in [9.17, 15) is 0 Å². The van der Waals surface area contributed by atoms with Gasteiger partial charge in [0.1, 0.15) is 0 Å². The van der Waals surface area contributed by atoms with Crippen molar-refractivity contribution in [3.8, 4) is 11.3 Å². The Morgan fingerprint density at radius 1 is 1.04 bits per heavy atom. The minimum atomic E-state index is 0.460. The zero-order valence-electron chi connectivity index (χ0n) is 14.3. The Morgan fingerprint density at radius 3 is 2.54 bits per heavy atom. The van der Waals surface area contributed by atoms with Crippen molar-refractivity contribution in [1.82, 2.24) is 25.1 Å². The minimum absolute atomic E-state index is 0.460. The molecule has 3 aromatic heterocycles. The van der Waals surface area contributed by atoms with Crippen molar-refractivity contribution in [3.05, 3.63) is 47.6 Å². The zero-order valence-corrected chi connectivity index (χ0v) is 14.3. The topological polar surface area (TPSA) is 80.8 Å². The van der Waals surface area contributed by atoms with Crippen LogP contribution in [0, 0.1) is 13.8 Å². The van der Waals surface area contributed by atoms with E-state index in [1.54, 1.807) is 6.20 Å². The third kappa shape index (κ3) is 3.40. The fraction of sp³-hybridized carbons (Fsp3) is 0.353. The third-order valence-corrected chi connectivity index (χ3v) is 3.67. The lowest BCUT2D eigenvalue weighted by Gasteiger charge is -2.15. The van der Waals surface area contributed by atoms with Gasteiger partial charge in [0.25, 0.3) is 0 Å². The van der Waals surface area contributed by atoms with Crippen LogP contribution >= 0.6 is 0 Å². The number of rotatable bonds is 5. The van der Waals surface area contributed by atoms with Crippen LogP contribution in [0.4, 0.5) is 5.95 Å². The SMILES string of the molecule is CCc1nnc(CN(C)c2nccc(-c3ccc(C)nc3C)n2)o1. The summed E-state index contributed by atoms with van der Waals surface area (Å²) < 4.78 is 5.54. The van der Waals surface area contributed by atoms with E-state index in [-0.39, 0.29) is 0 Å². The predicted molar refractivity (Wildman–Crippen MR) is 90.5 cm³/mol. The second kappa shape index (κ2) is 6.74. The number of anilines is 1. The van der Waals surface area contributed by atoms with Crippen LogP contribution in [-0.2, 0) is 13.0 Å². The van der Waals surface area contributed by atoms with Crippen molar-refractivity contribution >= 4 is 5.95 Å². The molecule has 0 atom stereocenters. The first-order valence-electron chi connectivity index (χ1n) is 7.87. The summed E-state index contributed by atoms with van der Waals surface area (Å²) in [5.41, 5.74) is 3.79. The molecule has 7 nitrogen and oxygen atoms in total. The van der Waals surface area contributed by atoms with Crippen molar-refractivity contribution in [2.45, 2.75) is 33.7 Å². The van der Waals surface area contributed by atoms with Gasteiger partial charge in [-0.3, -0.25) is 4.98 Å². The Bertz CT molecular complexity index is 845. The molecule has 0 fully saturated rings. The molecule has 0 aliphatic heterocycles. The van der Waals surface area contributed by atoms with Gasteiger partial charge in [-0.2, -0.15) is 0 Å². The molecular weight excluding hydrogens is 304 g/mol. The molecule has 7 heteroatoms. The number of aromatic nitrogens is 5. The van der Waals surface area contributed by atoms with Crippen molar-refractivity contribution in [1.29, 1.82) is 0 Å². The van der Waals surface area contributed by atoms with E-state index < -0.39 is 0 Å². The Balaban J connectivity index is 1.84. The standard InChI is InChI=1S/C17H20N6O/c1-5-15-21-22-16(24-15)10-23(4)17-18-9-8-14(20-17)13-7-6-11(2)19-12(13)3/h6-9H,5,10H2,1-4H3. The molecule has 124 valence electrons. The minimum Gasteiger partial charge on any atom is -0.423 e. The van der Waals surface area contributed by atoms with Gasteiger partial charge in [-0.15, -0.1) is 10.2 Å². The fourth-order valence-electron chi connectivity index (χ4n) is 2.41. The molecule has 3 rings (SSSR count). The maximum atomic E-state index is 5.54. The average molecular weight is 324 g/mol. The molecule has 3 heterocycles. The highest BCUT2D eigenvalue weighted by molar-refractivity contribution is 5.62. The lowest BCUT2D eigenvalue weighted by Crippen LogP contribution is -2.19. The lowest BCUT2D eigenvalue weighted by atomic mass is 10.1. The van der Waals surface area contributed by atoms with Crippen LogP contribution in [0.2, 0.25) is 0 Å². The van der Waals surface area contributed by atoms with Crippen molar-refractivity contribution < 1.29 is 4.42 Å². The lowest BCUT2D eigenvalue weighted by molar-refractivity contribution is 0.451. The van der Waals surface area contributed by atoms with Gasteiger partial charge >= 0.3 is 0 Å². The van der Waals surface area contributed by atoms with Crippen molar-refractivity contribution in [3.63, 3.8) is 0 Å². The van der Waals surface area contributed by atoms with Gasteiger partial charge in [0.05, 0.1) is 12.2 Å². The van der Waals surface area contributed by atoms with Gasteiger partial charge in [-0.05, 0) is 32.0 Å². The molecule has 0 radical (unpaired) electrons. The maximum absolute atomic E-state index is 5.54. The highest BCUT2D eigenvalue weighted by Crippen LogP contribution is 2.22. The van der Waals surface area contributed by atoms with E-state index in [2.05, 4.69) is 25.1 Å². The first kappa shape index (κ1) is 16.0. The monoisotopic (exact) mass is 324 g/mol. The molecule has 0 spiro atoms. The first-order valence-corrected chi connectivity index (χ1v) is 7.87. The molecule has 0 aliphatic carbocycles. The molecule has 0 saturated heterocycles. The first-order chi connectivity index (χ1) is 11.6. The molecule has 0 N–H and O–H groups in total. The molecule has 3 aromatic rings. The van der Waals surface area contributed by atoms with Crippen LogP contribution in [0.3, 0.4) is 0 Å². The van der Waals surface area contributed by atoms with E-state index in [1.807, 2.05) is 50.9 Å². The van der Waals surface area contributed by atoms with E-state index in [4.69, 9.17) is 4.42 Å². The molecule has 0 aromatic carbocycles. The summed E-state index contributed by atoms with van der Waals surface area (Å²) in [5.74, 6) is 1.79. The maximum Gasteiger partial charge on any atom is 0.235 e. The van der Waals surface area contributed by atoms with E-state index in [0.29, 0.717) is 24.3 Å². The van der Waals surface area contributed by atoms with Gasteiger partial charge in [0.2, 0.25) is 17.7 Å². The van der Waals surface area contributed by atoms with Crippen LogP contribution in [-0.4, -0.2) is 32.2 Å². The van der Waals surface area contributed by atoms with E-state index in [0.717, 1.165) is 29.1 Å². The normalized spacial score (nSPS) is 10.8. The summed E-state index contributed by atoms with van der Waals surface area (Å²) in [5, 5.41) is 8.01. The molecule has 0 saturated carbocycles. The Hall–Kier alpha value is -2.83. The summed E-state index contributed by atoms with van der Waals surface area (Å²) >= 11 is 0. The van der Waals surface area contributed by atoms with Crippen molar-refractivity contribution in [2.75, 3.05) is 11.9 Å². The number of pyridine rings is 1. The van der Waals surface area contributed by atoms with Crippen molar-refractivity contribution in [2.24, 2.45) is 0 Å². The van der Waals surface area contributed by atoms with E-state index in [1.165, 1.54) is 0 Å². The van der Waals surface area contributed by atoms with Gasteiger partial charge in [-0.25, -0.2) is 9.97 Å². The number of nitrogens with zero attached hydrogens (tertiary/aromatic N) is 6. The van der Waals surface area contributed by atoms with Crippen LogP contribution in [0.15, 0.2) is 28.8 Å². The number of hydrogen-bond donors (Lipinski definition) is 0. The summed E-state index contributed by atoms with van der Waals surface area (Å²) in [4.78, 5) is 15.4. The average Bonchev–Trinajstić information content (AvgIpc) is 3.02. The molecule has 0 bridgehead atoms. The fourth-order valence-corrected chi connectivity index (χ4v) is 2.41. The highest BCUT2D eigenvalue weighted by Gasteiger charge is 2.12. The molecule has 0 amide bonds. The smallest absolute Gasteiger partial charge is 0.235 e. The Kier molecular flexibility index (Phi) is 4.50. The Labute approximate surface area is 140 Å². The quantitative estimate of drug-likeness (QED) is 0.713. The Morgan fingerprint density at radius 2 is 1.83 bits per heavy atom. The van der Waals surface area contributed by atoms with E-state index >= 15 is 0 Å². The van der Waals surface area contributed by atoms with Crippen LogP contribution in [0.25, 0.3) is 11.3 Å². The predicted octanol–water partition coefficient (Wildman–Crippen LogP) is 2.74. The summed E-state index contributed by atoms with van der Waals surface area (Å²) in [7, 11) is 1.90. The van der Waals surface area contributed by atoms with Gasteiger partial charge in [0, 0.05) is 36.6 Å². The van der Waals surface area contributed by atoms with Gasteiger partial charge in [0.15, 0.2) is 0 Å². The third-order valence-electron chi connectivity index (χ3n) is 3.67.